The summed E-state index contributed by atoms with van der Waals surface area (Å²) in [6.07, 6.45) is 5.23. The lowest BCUT2D eigenvalue weighted by Crippen LogP contribution is -2.54. The van der Waals surface area contributed by atoms with Crippen molar-refractivity contribution in [2.24, 2.45) is 11.8 Å². The molecule has 0 bridgehead atoms. The van der Waals surface area contributed by atoms with Crippen LogP contribution in [0.5, 0.6) is 0 Å². The first-order chi connectivity index (χ1) is 18.9. The molecule has 1 aromatic rings. The van der Waals surface area contributed by atoms with Gasteiger partial charge in [-0.25, -0.2) is 0 Å². The van der Waals surface area contributed by atoms with Crippen molar-refractivity contribution in [3.63, 3.8) is 0 Å². The molecule has 9 heteroatoms. The number of carbonyl (C=O) groups excluding carboxylic acids is 3. The van der Waals surface area contributed by atoms with E-state index in [0.717, 1.165) is 45.5 Å². The second-order valence-corrected chi connectivity index (χ2v) is 11.8. The first-order valence-corrected chi connectivity index (χ1v) is 14.8. The molecule has 1 aromatic carbocycles. The smallest absolute Gasteiger partial charge is 0.227 e. The molecule has 4 aliphatic rings. The first kappa shape index (κ1) is 27.9. The number of piperidine rings is 2. The van der Waals surface area contributed by atoms with Gasteiger partial charge in [0.15, 0.2) is 0 Å². The van der Waals surface area contributed by atoms with E-state index in [0.29, 0.717) is 57.4 Å². The number of methoxy groups -OCH3 is 1. The van der Waals surface area contributed by atoms with E-state index in [1.165, 1.54) is 11.3 Å². The Morgan fingerprint density at radius 2 is 1.85 bits per heavy atom. The standard InChI is InChI=1S/C30H45N5O4/c1-21(36)33-13-10-22(11-14-33)29(37)32-25-16-23(17-31-18-25)30(38)35(26-8-9-26)20-24-19-34(12-5-15-39-2)28-7-4-3-6-27(24)28/h3-4,6-7,22-26,31H,5,8-20H2,1-2H3,(H,32,37)/t23-,24?,25+/m0/s1. The Morgan fingerprint density at radius 3 is 2.56 bits per heavy atom. The second-order valence-electron chi connectivity index (χ2n) is 11.8. The number of anilines is 1. The number of amides is 3. The summed E-state index contributed by atoms with van der Waals surface area (Å²) in [5.74, 6) is 0.489. The van der Waals surface area contributed by atoms with Crippen molar-refractivity contribution in [2.45, 2.75) is 63.5 Å². The molecule has 39 heavy (non-hydrogen) atoms. The van der Waals surface area contributed by atoms with E-state index in [1.54, 1.807) is 14.0 Å². The van der Waals surface area contributed by atoms with Gasteiger partial charge in [0.05, 0.1) is 5.92 Å². The zero-order valence-electron chi connectivity index (χ0n) is 23.6. The van der Waals surface area contributed by atoms with Gasteiger partial charge < -0.3 is 30.1 Å². The number of hydrogen-bond acceptors (Lipinski definition) is 6. The normalized spacial score (nSPS) is 25.3. The van der Waals surface area contributed by atoms with Gasteiger partial charge >= 0.3 is 0 Å². The number of para-hydroxylation sites is 1. The topological polar surface area (TPSA) is 94.2 Å². The van der Waals surface area contributed by atoms with Crippen molar-refractivity contribution in [1.82, 2.24) is 20.4 Å². The van der Waals surface area contributed by atoms with Crippen molar-refractivity contribution in [3.8, 4) is 0 Å². The van der Waals surface area contributed by atoms with Gasteiger partial charge in [-0.2, -0.15) is 0 Å². The van der Waals surface area contributed by atoms with Gasteiger partial charge in [-0.3, -0.25) is 14.4 Å². The molecular formula is C30H45N5O4. The van der Waals surface area contributed by atoms with E-state index in [-0.39, 0.29) is 35.6 Å². The predicted octanol–water partition coefficient (Wildman–Crippen LogP) is 1.97. The Morgan fingerprint density at radius 1 is 1.08 bits per heavy atom. The fraction of sp³-hybridized carbons (Fsp3) is 0.700. The maximum Gasteiger partial charge on any atom is 0.227 e. The predicted molar refractivity (Wildman–Crippen MR) is 151 cm³/mol. The van der Waals surface area contributed by atoms with Crippen LogP contribution in [0.4, 0.5) is 5.69 Å². The van der Waals surface area contributed by atoms with Gasteiger partial charge in [-0.15, -0.1) is 0 Å². The Labute approximate surface area is 232 Å². The first-order valence-electron chi connectivity index (χ1n) is 14.8. The van der Waals surface area contributed by atoms with Crippen molar-refractivity contribution < 1.29 is 19.1 Å². The van der Waals surface area contributed by atoms with Gasteiger partial charge in [0.1, 0.15) is 0 Å². The number of likely N-dealkylation sites (tertiary alicyclic amines) is 1. The lowest BCUT2D eigenvalue weighted by atomic mass is 9.91. The molecule has 0 radical (unpaired) electrons. The molecule has 3 fully saturated rings. The highest BCUT2D eigenvalue weighted by atomic mass is 16.5. The average Bonchev–Trinajstić information content (AvgIpc) is 3.74. The highest BCUT2D eigenvalue weighted by Gasteiger charge is 2.41. The molecule has 3 aliphatic heterocycles. The molecule has 3 atom stereocenters. The Hall–Kier alpha value is -2.65. The highest BCUT2D eigenvalue weighted by Crippen LogP contribution is 2.39. The maximum atomic E-state index is 13.9. The summed E-state index contributed by atoms with van der Waals surface area (Å²) in [7, 11) is 1.75. The molecule has 2 saturated heterocycles. The summed E-state index contributed by atoms with van der Waals surface area (Å²) in [5.41, 5.74) is 2.63. The van der Waals surface area contributed by atoms with Crippen LogP contribution in [0.3, 0.4) is 0 Å². The summed E-state index contributed by atoms with van der Waals surface area (Å²) in [5, 5.41) is 6.65. The monoisotopic (exact) mass is 539 g/mol. The molecule has 1 unspecified atom stereocenters. The van der Waals surface area contributed by atoms with Gasteiger partial charge in [0, 0.05) is 96.1 Å². The largest absolute Gasteiger partial charge is 0.385 e. The third-order valence-corrected chi connectivity index (χ3v) is 8.98. The SMILES string of the molecule is COCCCN1CC(CN(C(=O)[C@@H]2CNC[C@H](NC(=O)C3CCN(C(C)=O)CC3)C2)C2CC2)c2ccccc21. The van der Waals surface area contributed by atoms with Crippen LogP contribution in [-0.4, -0.2) is 99.1 Å². The Balaban J connectivity index is 1.18. The van der Waals surface area contributed by atoms with Gasteiger partial charge in [0.2, 0.25) is 17.7 Å². The van der Waals surface area contributed by atoms with E-state index < -0.39 is 0 Å². The molecule has 2 N–H and O–H groups in total. The number of ether oxygens (including phenoxy) is 1. The molecular weight excluding hydrogens is 494 g/mol. The Bertz CT molecular complexity index is 1020. The van der Waals surface area contributed by atoms with Crippen LogP contribution in [0.15, 0.2) is 24.3 Å². The minimum absolute atomic E-state index is 0.0458. The molecule has 0 aromatic heterocycles. The molecule has 3 amide bonds. The summed E-state index contributed by atoms with van der Waals surface area (Å²) in [6, 6.07) is 8.93. The number of nitrogens with one attached hydrogen (secondary N) is 2. The minimum atomic E-state index is -0.126. The van der Waals surface area contributed by atoms with E-state index in [4.69, 9.17) is 4.74 Å². The lowest BCUT2D eigenvalue weighted by molar-refractivity contribution is -0.138. The summed E-state index contributed by atoms with van der Waals surface area (Å²) >= 11 is 0. The second kappa shape index (κ2) is 12.7. The molecule has 1 saturated carbocycles. The fourth-order valence-electron chi connectivity index (χ4n) is 6.64. The maximum absolute atomic E-state index is 13.9. The summed E-state index contributed by atoms with van der Waals surface area (Å²) in [4.78, 5) is 44.9. The third-order valence-electron chi connectivity index (χ3n) is 8.98. The number of carbonyl (C=O) groups is 3. The molecule has 1 aliphatic carbocycles. The lowest BCUT2D eigenvalue weighted by Gasteiger charge is -2.36. The zero-order valence-corrected chi connectivity index (χ0v) is 23.6. The van der Waals surface area contributed by atoms with E-state index in [1.807, 2.05) is 4.90 Å². The van der Waals surface area contributed by atoms with Crippen LogP contribution in [0.2, 0.25) is 0 Å². The highest BCUT2D eigenvalue weighted by molar-refractivity contribution is 5.82. The minimum Gasteiger partial charge on any atom is -0.385 e. The summed E-state index contributed by atoms with van der Waals surface area (Å²) < 4.78 is 5.27. The molecule has 5 rings (SSSR count). The van der Waals surface area contributed by atoms with Crippen LogP contribution in [-0.2, 0) is 19.1 Å². The Kier molecular flexibility index (Phi) is 9.07. The molecule has 214 valence electrons. The number of hydrogen-bond donors (Lipinski definition) is 2. The van der Waals surface area contributed by atoms with Gasteiger partial charge in [-0.05, 0) is 50.2 Å². The van der Waals surface area contributed by atoms with Crippen molar-refractivity contribution >= 4 is 23.4 Å². The van der Waals surface area contributed by atoms with E-state index in [2.05, 4.69) is 44.7 Å². The van der Waals surface area contributed by atoms with Crippen LogP contribution >= 0.6 is 0 Å². The number of rotatable bonds is 10. The van der Waals surface area contributed by atoms with E-state index in [9.17, 15) is 14.4 Å². The zero-order chi connectivity index (χ0) is 27.4. The van der Waals surface area contributed by atoms with Crippen LogP contribution in [0.25, 0.3) is 0 Å². The number of nitrogens with zero attached hydrogens (tertiary/aromatic N) is 3. The van der Waals surface area contributed by atoms with Crippen molar-refractivity contribution in [1.29, 1.82) is 0 Å². The summed E-state index contributed by atoms with van der Waals surface area (Å²) in [6.45, 7) is 7.62. The average molecular weight is 540 g/mol. The van der Waals surface area contributed by atoms with Crippen LogP contribution in [0, 0.1) is 11.8 Å². The van der Waals surface area contributed by atoms with Crippen molar-refractivity contribution in [2.75, 3.05) is 64.4 Å². The van der Waals surface area contributed by atoms with Crippen LogP contribution < -0.4 is 15.5 Å². The van der Waals surface area contributed by atoms with Gasteiger partial charge in [0.25, 0.3) is 0 Å². The van der Waals surface area contributed by atoms with Crippen molar-refractivity contribution in [3.05, 3.63) is 29.8 Å². The molecule has 0 spiro atoms. The number of benzene rings is 1. The fourth-order valence-corrected chi connectivity index (χ4v) is 6.64. The van der Waals surface area contributed by atoms with Crippen LogP contribution in [0.1, 0.15) is 56.9 Å². The third kappa shape index (κ3) is 6.74. The molecule has 3 heterocycles. The van der Waals surface area contributed by atoms with Gasteiger partial charge in [-0.1, -0.05) is 18.2 Å². The van der Waals surface area contributed by atoms with E-state index >= 15 is 0 Å². The number of fused-ring (bicyclic) bond motifs is 1. The quantitative estimate of drug-likeness (QED) is 0.442. The molecule has 9 nitrogen and oxygen atoms in total.